The maximum absolute atomic E-state index is 11.8. The summed E-state index contributed by atoms with van der Waals surface area (Å²) in [6.07, 6.45) is -5.42. The van der Waals surface area contributed by atoms with Crippen LogP contribution in [0.4, 0.5) is 18.9 Å². The summed E-state index contributed by atoms with van der Waals surface area (Å²) in [5.74, 6) is -0.663. The Balaban J connectivity index is 2.43. The maximum Gasteiger partial charge on any atom is 0.389 e. The number of nitrogens with two attached hydrogens (primary N) is 1. The van der Waals surface area contributed by atoms with E-state index in [0.717, 1.165) is 5.56 Å². The van der Waals surface area contributed by atoms with E-state index in [1.807, 2.05) is 0 Å². The fourth-order valence-electron chi connectivity index (χ4n) is 1.29. The summed E-state index contributed by atoms with van der Waals surface area (Å²) in [6, 6.07) is 4.63. The first kappa shape index (κ1) is 14.3. The molecule has 0 amide bonds. The van der Waals surface area contributed by atoms with Crippen molar-refractivity contribution in [2.24, 2.45) is 0 Å². The third-order valence-corrected chi connectivity index (χ3v) is 2.35. The molecule has 0 bridgehead atoms. The molecule has 0 unspecified atom stereocenters. The molecule has 0 saturated carbocycles. The smallest absolute Gasteiger partial charge is 0.389 e. The van der Waals surface area contributed by atoms with Crippen molar-refractivity contribution in [3.63, 3.8) is 0 Å². The van der Waals surface area contributed by atoms with Gasteiger partial charge in [-0.15, -0.1) is 0 Å². The Labute approximate surface area is 103 Å². The molecular formula is C12H14F3NO2. The minimum atomic E-state index is -4.22. The summed E-state index contributed by atoms with van der Waals surface area (Å²) in [5.41, 5.74) is 7.12. The molecule has 1 aromatic rings. The molecule has 1 aromatic carbocycles. The molecule has 0 aromatic heterocycles. The number of anilines is 1. The number of aryl methyl sites for hydroxylation is 1. The van der Waals surface area contributed by atoms with Crippen LogP contribution in [-0.2, 0) is 4.74 Å². The number of ether oxygens (including phenoxy) is 1. The van der Waals surface area contributed by atoms with E-state index in [1.165, 1.54) is 12.1 Å². The van der Waals surface area contributed by atoms with Crippen molar-refractivity contribution in [1.82, 2.24) is 0 Å². The number of rotatable bonds is 4. The van der Waals surface area contributed by atoms with Gasteiger partial charge in [-0.05, 0) is 31.0 Å². The second kappa shape index (κ2) is 5.75. The monoisotopic (exact) mass is 261 g/mol. The van der Waals surface area contributed by atoms with Crippen LogP contribution in [0.3, 0.4) is 0 Å². The number of benzene rings is 1. The number of esters is 1. The molecule has 0 heterocycles. The quantitative estimate of drug-likeness (QED) is 0.515. The van der Waals surface area contributed by atoms with Gasteiger partial charge in [0, 0.05) is 12.1 Å². The first-order valence-electron chi connectivity index (χ1n) is 5.39. The summed E-state index contributed by atoms with van der Waals surface area (Å²) in [6.45, 7) is 1.53. The van der Waals surface area contributed by atoms with Gasteiger partial charge in [0.2, 0.25) is 0 Å². The Kier molecular flexibility index (Phi) is 4.58. The van der Waals surface area contributed by atoms with Crippen molar-refractivity contribution in [1.29, 1.82) is 0 Å². The normalized spacial score (nSPS) is 11.3. The molecule has 0 aliphatic rings. The summed E-state index contributed by atoms with van der Waals surface area (Å²) in [5, 5.41) is 0. The second-order valence-corrected chi connectivity index (χ2v) is 3.93. The maximum atomic E-state index is 11.8. The van der Waals surface area contributed by atoms with Gasteiger partial charge in [-0.25, -0.2) is 4.79 Å². The highest BCUT2D eigenvalue weighted by Crippen LogP contribution is 2.21. The van der Waals surface area contributed by atoms with E-state index in [0.29, 0.717) is 5.69 Å². The van der Waals surface area contributed by atoms with Crippen LogP contribution in [0, 0.1) is 6.92 Å². The standard InChI is InChI=1S/C12H14F3NO2/c1-8-3-4-9(7-10(8)16)11(17)18-6-2-5-12(13,14)15/h3-4,7H,2,5-6,16H2,1H3. The fraction of sp³-hybridized carbons (Fsp3) is 0.417. The van der Waals surface area contributed by atoms with Crippen LogP contribution in [0.5, 0.6) is 0 Å². The van der Waals surface area contributed by atoms with Crippen LogP contribution < -0.4 is 5.73 Å². The fourth-order valence-corrected chi connectivity index (χ4v) is 1.29. The predicted molar refractivity (Wildman–Crippen MR) is 61.2 cm³/mol. The average Bonchev–Trinajstić information content (AvgIpc) is 2.26. The molecule has 0 saturated heterocycles. The van der Waals surface area contributed by atoms with Gasteiger partial charge in [0.1, 0.15) is 0 Å². The highest BCUT2D eigenvalue weighted by atomic mass is 19.4. The van der Waals surface area contributed by atoms with E-state index in [1.54, 1.807) is 13.0 Å². The Morgan fingerprint density at radius 3 is 2.61 bits per heavy atom. The summed E-state index contributed by atoms with van der Waals surface area (Å²) < 4.78 is 40.3. The molecule has 0 radical (unpaired) electrons. The third kappa shape index (κ3) is 4.65. The Morgan fingerprint density at radius 2 is 2.06 bits per heavy atom. The van der Waals surface area contributed by atoms with Gasteiger partial charge in [-0.2, -0.15) is 13.2 Å². The summed E-state index contributed by atoms with van der Waals surface area (Å²) >= 11 is 0. The lowest BCUT2D eigenvalue weighted by Crippen LogP contribution is -2.11. The van der Waals surface area contributed by atoms with Crippen LogP contribution >= 0.6 is 0 Å². The molecule has 0 aliphatic heterocycles. The molecule has 3 nitrogen and oxygen atoms in total. The largest absolute Gasteiger partial charge is 0.462 e. The number of nitrogen functional groups attached to an aromatic ring is 1. The second-order valence-electron chi connectivity index (χ2n) is 3.93. The Hall–Kier alpha value is -1.72. The predicted octanol–water partition coefficient (Wildman–Crippen LogP) is 3.08. The van der Waals surface area contributed by atoms with E-state index in [9.17, 15) is 18.0 Å². The van der Waals surface area contributed by atoms with Gasteiger partial charge < -0.3 is 10.5 Å². The number of carbonyl (C=O) groups is 1. The highest BCUT2D eigenvalue weighted by Gasteiger charge is 2.26. The number of hydrogen-bond acceptors (Lipinski definition) is 3. The number of halogens is 3. The Bertz CT molecular complexity index is 430. The molecule has 2 N–H and O–H groups in total. The van der Waals surface area contributed by atoms with E-state index < -0.39 is 18.6 Å². The average molecular weight is 261 g/mol. The van der Waals surface area contributed by atoms with Crippen molar-refractivity contribution in [3.8, 4) is 0 Å². The van der Waals surface area contributed by atoms with Crippen LogP contribution in [0.25, 0.3) is 0 Å². The van der Waals surface area contributed by atoms with E-state index in [2.05, 4.69) is 0 Å². The number of hydrogen-bond donors (Lipinski definition) is 1. The summed E-state index contributed by atoms with van der Waals surface area (Å²) in [4.78, 5) is 11.5. The Morgan fingerprint density at radius 1 is 1.39 bits per heavy atom. The van der Waals surface area contributed by atoms with Gasteiger partial charge in [-0.3, -0.25) is 0 Å². The zero-order chi connectivity index (χ0) is 13.8. The number of alkyl halides is 3. The van der Waals surface area contributed by atoms with Crippen LogP contribution in [-0.4, -0.2) is 18.8 Å². The molecule has 0 fully saturated rings. The van der Waals surface area contributed by atoms with Crippen LogP contribution in [0.2, 0.25) is 0 Å². The third-order valence-electron chi connectivity index (χ3n) is 2.35. The minimum Gasteiger partial charge on any atom is -0.462 e. The topological polar surface area (TPSA) is 52.3 Å². The van der Waals surface area contributed by atoms with Crippen molar-refractivity contribution >= 4 is 11.7 Å². The van der Waals surface area contributed by atoms with E-state index in [-0.39, 0.29) is 18.6 Å². The van der Waals surface area contributed by atoms with Gasteiger partial charge >= 0.3 is 12.1 Å². The van der Waals surface area contributed by atoms with Crippen molar-refractivity contribution in [2.45, 2.75) is 25.9 Å². The van der Waals surface area contributed by atoms with Gasteiger partial charge in [-0.1, -0.05) is 6.07 Å². The first-order valence-corrected chi connectivity index (χ1v) is 5.39. The molecule has 0 aliphatic carbocycles. The van der Waals surface area contributed by atoms with Crippen molar-refractivity contribution in [2.75, 3.05) is 12.3 Å². The highest BCUT2D eigenvalue weighted by molar-refractivity contribution is 5.90. The van der Waals surface area contributed by atoms with Crippen LogP contribution in [0.15, 0.2) is 18.2 Å². The zero-order valence-electron chi connectivity index (χ0n) is 9.88. The lowest BCUT2D eigenvalue weighted by atomic mass is 10.1. The lowest BCUT2D eigenvalue weighted by molar-refractivity contribution is -0.137. The molecule has 100 valence electrons. The molecule has 6 heteroatoms. The van der Waals surface area contributed by atoms with Gasteiger partial charge in [0.15, 0.2) is 0 Å². The molecular weight excluding hydrogens is 247 g/mol. The van der Waals surface area contributed by atoms with E-state index >= 15 is 0 Å². The van der Waals surface area contributed by atoms with Gasteiger partial charge in [0.25, 0.3) is 0 Å². The minimum absolute atomic E-state index is 0.240. The van der Waals surface area contributed by atoms with Crippen LogP contribution in [0.1, 0.15) is 28.8 Å². The summed E-state index contributed by atoms with van der Waals surface area (Å²) in [7, 11) is 0. The molecule has 0 atom stereocenters. The zero-order valence-corrected chi connectivity index (χ0v) is 9.88. The molecule has 18 heavy (non-hydrogen) atoms. The van der Waals surface area contributed by atoms with Crippen molar-refractivity contribution in [3.05, 3.63) is 29.3 Å². The molecule has 0 spiro atoms. The molecule has 1 rings (SSSR count). The lowest BCUT2D eigenvalue weighted by Gasteiger charge is -2.08. The van der Waals surface area contributed by atoms with Gasteiger partial charge in [0.05, 0.1) is 12.2 Å². The van der Waals surface area contributed by atoms with E-state index in [4.69, 9.17) is 10.5 Å². The SMILES string of the molecule is Cc1ccc(C(=O)OCCCC(F)(F)F)cc1N. The number of carbonyl (C=O) groups excluding carboxylic acids is 1. The van der Waals surface area contributed by atoms with Crippen molar-refractivity contribution < 1.29 is 22.7 Å². The first-order chi connectivity index (χ1) is 8.29.